The van der Waals surface area contributed by atoms with Crippen molar-refractivity contribution in [3.8, 4) is 0 Å². The van der Waals surface area contributed by atoms with Gasteiger partial charge < -0.3 is 15.8 Å². The molecule has 118 valence electrons. The van der Waals surface area contributed by atoms with Gasteiger partial charge in [-0.1, -0.05) is 50.6 Å². The van der Waals surface area contributed by atoms with Gasteiger partial charge in [-0.15, -0.1) is 0 Å². The van der Waals surface area contributed by atoms with Gasteiger partial charge in [0, 0.05) is 25.8 Å². The third-order valence-corrected chi connectivity index (χ3v) is 3.54. The Morgan fingerprint density at radius 3 is 2.57 bits per heavy atom. The fourth-order valence-corrected chi connectivity index (χ4v) is 2.02. The maximum absolute atomic E-state index is 12.1. The smallest absolute Gasteiger partial charge is 0.224 e. The third-order valence-electron chi connectivity index (χ3n) is 3.54. The lowest BCUT2D eigenvalue weighted by Gasteiger charge is -2.19. The van der Waals surface area contributed by atoms with Gasteiger partial charge in [-0.3, -0.25) is 4.79 Å². The van der Waals surface area contributed by atoms with Crippen LogP contribution in [0.5, 0.6) is 0 Å². The molecule has 2 unspecified atom stereocenters. The second-order valence-electron chi connectivity index (χ2n) is 5.34. The quantitative estimate of drug-likeness (QED) is 0.652. The lowest BCUT2D eigenvalue weighted by molar-refractivity contribution is -0.125. The Balaban J connectivity index is 2.22. The first-order chi connectivity index (χ1) is 10.2. The Hall–Kier alpha value is -1.39. The molecule has 0 bridgehead atoms. The van der Waals surface area contributed by atoms with Crippen molar-refractivity contribution in [1.29, 1.82) is 0 Å². The molecule has 0 saturated heterocycles. The van der Waals surface area contributed by atoms with Crippen molar-refractivity contribution in [3.05, 3.63) is 35.9 Å². The summed E-state index contributed by atoms with van der Waals surface area (Å²) in [5.74, 6) is -0.242. The number of amides is 1. The van der Waals surface area contributed by atoms with Crippen molar-refractivity contribution in [2.24, 2.45) is 11.7 Å². The third kappa shape index (κ3) is 6.74. The molecule has 0 fully saturated rings. The van der Waals surface area contributed by atoms with E-state index in [0.29, 0.717) is 13.2 Å². The minimum absolute atomic E-state index is 0.0000822. The number of hydrogen-bond donors (Lipinski definition) is 2. The Morgan fingerprint density at radius 1 is 1.24 bits per heavy atom. The van der Waals surface area contributed by atoms with Crippen LogP contribution in [0.1, 0.15) is 44.7 Å². The number of unbranched alkanes of at least 4 members (excludes halogenated alkanes) is 1. The van der Waals surface area contributed by atoms with Crippen LogP contribution < -0.4 is 11.1 Å². The summed E-state index contributed by atoms with van der Waals surface area (Å²) >= 11 is 0. The molecule has 4 nitrogen and oxygen atoms in total. The predicted molar refractivity (Wildman–Crippen MR) is 85.9 cm³/mol. The van der Waals surface area contributed by atoms with Crippen LogP contribution >= 0.6 is 0 Å². The zero-order chi connectivity index (χ0) is 15.5. The largest absolute Gasteiger partial charge is 0.381 e. The highest BCUT2D eigenvalue weighted by molar-refractivity contribution is 5.79. The molecule has 4 heteroatoms. The summed E-state index contributed by atoms with van der Waals surface area (Å²) in [5, 5.41) is 2.93. The van der Waals surface area contributed by atoms with Crippen molar-refractivity contribution in [3.63, 3.8) is 0 Å². The molecule has 0 saturated carbocycles. The average Bonchev–Trinajstić information content (AvgIpc) is 2.53. The van der Waals surface area contributed by atoms with Crippen LogP contribution in [0, 0.1) is 5.92 Å². The van der Waals surface area contributed by atoms with E-state index in [1.807, 2.05) is 37.3 Å². The average molecular weight is 292 g/mol. The van der Waals surface area contributed by atoms with Crippen LogP contribution in [-0.4, -0.2) is 25.7 Å². The van der Waals surface area contributed by atoms with Gasteiger partial charge in [0.25, 0.3) is 0 Å². The van der Waals surface area contributed by atoms with Crippen LogP contribution in [-0.2, 0) is 9.53 Å². The fraction of sp³-hybridized carbons (Fsp3) is 0.588. The van der Waals surface area contributed by atoms with Crippen LogP contribution in [0.25, 0.3) is 0 Å². The topological polar surface area (TPSA) is 64.3 Å². The summed E-state index contributed by atoms with van der Waals surface area (Å²) in [5.41, 5.74) is 7.13. The Kier molecular flexibility index (Phi) is 8.71. The number of ether oxygens (including phenoxy) is 1. The summed E-state index contributed by atoms with van der Waals surface area (Å²) in [6, 6.07) is 9.46. The summed E-state index contributed by atoms with van der Waals surface area (Å²) < 4.78 is 5.46. The standard InChI is InChI=1S/C17H28N2O2/c1-3-4-12-21-13-8-11-19-17(20)14(2)16(18)15-9-6-5-7-10-15/h5-7,9-10,14,16H,3-4,8,11-13,18H2,1-2H3,(H,19,20). The van der Waals surface area contributed by atoms with Gasteiger partial charge in [0.1, 0.15) is 0 Å². The van der Waals surface area contributed by atoms with Crippen molar-refractivity contribution in [2.75, 3.05) is 19.8 Å². The van der Waals surface area contributed by atoms with Gasteiger partial charge in [0.2, 0.25) is 5.91 Å². The molecule has 0 heterocycles. The van der Waals surface area contributed by atoms with E-state index < -0.39 is 0 Å². The molecule has 1 aromatic carbocycles. The predicted octanol–water partition coefficient (Wildman–Crippen LogP) is 2.65. The lowest BCUT2D eigenvalue weighted by atomic mass is 9.95. The molecule has 3 N–H and O–H groups in total. The van der Waals surface area contributed by atoms with Gasteiger partial charge in [0.15, 0.2) is 0 Å². The Bertz CT molecular complexity index is 395. The van der Waals surface area contributed by atoms with Gasteiger partial charge in [-0.2, -0.15) is 0 Å². The molecule has 1 amide bonds. The van der Waals surface area contributed by atoms with Crippen LogP contribution in [0.2, 0.25) is 0 Å². The van der Waals surface area contributed by atoms with E-state index in [-0.39, 0.29) is 17.9 Å². The maximum atomic E-state index is 12.1. The van der Waals surface area contributed by atoms with Gasteiger partial charge in [0.05, 0.1) is 5.92 Å². The van der Waals surface area contributed by atoms with Crippen molar-refractivity contribution >= 4 is 5.91 Å². The molecule has 0 aromatic heterocycles. The second kappa shape index (κ2) is 10.4. The second-order valence-corrected chi connectivity index (χ2v) is 5.34. The Morgan fingerprint density at radius 2 is 1.90 bits per heavy atom. The number of carbonyl (C=O) groups is 1. The summed E-state index contributed by atoms with van der Waals surface area (Å²) in [4.78, 5) is 12.1. The summed E-state index contributed by atoms with van der Waals surface area (Å²) in [7, 11) is 0. The number of carbonyl (C=O) groups excluding carboxylic acids is 1. The number of nitrogens with one attached hydrogen (secondary N) is 1. The van der Waals surface area contributed by atoms with Crippen molar-refractivity contribution < 1.29 is 9.53 Å². The summed E-state index contributed by atoms with van der Waals surface area (Å²) in [6.45, 7) is 6.14. The van der Waals surface area contributed by atoms with E-state index in [1.165, 1.54) is 0 Å². The van der Waals surface area contributed by atoms with E-state index in [2.05, 4.69) is 12.2 Å². The highest BCUT2D eigenvalue weighted by Gasteiger charge is 2.21. The molecule has 1 aromatic rings. The zero-order valence-corrected chi connectivity index (χ0v) is 13.2. The molecule has 0 radical (unpaired) electrons. The van der Waals surface area contributed by atoms with E-state index in [1.54, 1.807) is 0 Å². The molecule has 0 aliphatic rings. The molecule has 0 aliphatic carbocycles. The van der Waals surface area contributed by atoms with E-state index in [9.17, 15) is 4.79 Å². The first-order valence-corrected chi connectivity index (χ1v) is 7.82. The van der Waals surface area contributed by atoms with Crippen LogP contribution in [0.3, 0.4) is 0 Å². The monoisotopic (exact) mass is 292 g/mol. The van der Waals surface area contributed by atoms with E-state index in [0.717, 1.165) is 31.4 Å². The normalized spacial score (nSPS) is 13.7. The molecule has 1 rings (SSSR count). The maximum Gasteiger partial charge on any atom is 0.224 e. The first-order valence-electron chi connectivity index (χ1n) is 7.82. The van der Waals surface area contributed by atoms with Crippen molar-refractivity contribution in [2.45, 2.75) is 39.2 Å². The molecule has 0 spiro atoms. The highest BCUT2D eigenvalue weighted by Crippen LogP contribution is 2.18. The van der Waals surface area contributed by atoms with Gasteiger partial charge in [-0.25, -0.2) is 0 Å². The molecule has 21 heavy (non-hydrogen) atoms. The van der Waals surface area contributed by atoms with E-state index >= 15 is 0 Å². The van der Waals surface area contributed by atoms with Gasteiger partial charge >= 0.3 is 0 Å². The van der Waals surface area contributed by atoms with Crippen LogP contribution in [0.15, 0.2) is 30.3 Å². The number of hydrogen-bond acceptors (Lipinski definition) is 3. The number of nitrogens with two attached hydrogens (primary N) is 1. The number of rotatable bonds is 10. The molecule has 0 aliphatic heterocycles. The molecular weight excluding hydrogens is 264 g/mol. The highest BCUT2D eigenvalue weighted by atomic mass is 16.5. The summed E-state index contributed by atoms with van der Waals surface area (Å²) in [6.07, 6.45) is 3.07. The van der Waals surface area contributed by atoms with Gasteiger partial charge in [-0.05, 0) is 18.4 Å². The fourth-order valence-electron chi connectivity index (χ4n) is 2.02. The minimum atomic E-state index is -0.271. The molecule has 2 atom stereocenters. The van der Waals surface area contributed by atoms with Crippen LogP contribution in [0.4, 0.5) is 0 Å². The Labute approximate surface area is 128 Å². The van der Waals surface area contributed by atoms with Crippen molar-refractivity contribution in [1.82, 2.24) is 5.32 Å². The minimum Gasteiger partial charge on any atom is -0.381 e. The first kappa shape index (κ1) is 17.7. The molecular formula is C17H28N2O2. The number of benzene rings is 1. The SMILES string of the molecule is CCCCOCCCNC(=O)C(C)C(N)c1ccccc1. The zero-order valence-electron chi connectivity index (χ0n) is 13.2. The lowest BCUT2D eigenvalue weighted by Crippen LogP contribution is -2.36. The van der Waals surface area contributed by atoms with E-state index in [4.69, 9.17) is 10.5 Å².